The van der Waals surface area contributed by atoms with Crippen molar-refractivity contribution in [1.82, 2.24) is 25.1 Å². The van der Waals surface area contributed by atoms with Gasteiger partial charge in [0.25, 0.3) is 0 Å². The number of ether oxygens (including phenoxy) is 2. The number of hydrogen-bond donors (Lipinski definition) is 3. The van der Waals surface area contributed by atoms with Crippen molar-refractivity contribution in [2.75, 3.05) is 37.3 Å². The van der Waals surface area contributed by atoms with Gasteiger partial charge < -0.3 is 30.3 Å². The predicted molar refractivity (Wildman–Crippen MR) is 160 cm³/mol. The molecule has 1 unspecified atom stereocenters. The molecule has 13 heteroatoms. The molecule has 0 spiro atoms. The van der Waals surface area contributed by atoms with Gasteiger partial charge in [-0.25, -0.2) is 14.2 Å². The third kappa shape index (κ3) is 8.33. The first-order valence-corrected chi connectivity index (χ1v) is 14.9. The van der Waals surface area contributed by atoms with Crippen molar-refractivity contribution < 1.29 is 27.4 Å². The summed E-state index contributed by atoms with van der Waals surface area (Å²) < 4.78 is 52.3. The van der Waals surface area contributed by atoms with Crippen molar-refractivity contribution in [3.63, 3.8) is 0 Å². The molecule has 43 heavy (non-hydrogen) atoms. The summed E-state index contributed by atoms with van der Waals surface area (Å²) in [5.41, 5.74) is 0.161. The normalized spacial score (nSPS) is 20.8. The van der Waals surface area contributed by atoms with Gasteiger partial charge in [0.05, 0.1) is 6.20 Å². The van der Waals surface area contributed by atoms with E-state index in [0.29, 0.717) is 38.2 Å². The number of amides is 2. The van der Waals surface area contributed by atoms with Crippen molar-refractivity contribution in [3.05, 3.63) is 30.2 Å². The Kier molecular flexibility index (Phi) is 10.1. The molecule has 10 nitrogen and oxygen atoms in total. The van der Waals surface area contributed by atoms with Crippen LogP contribution >= 0.6 is 0 Å². The van der Waals surface area contributed by atoms with Crippen LogP contribution in [0.25, 0.3) is 0 Å². The van der Waals surface area contributed by atoms with Crippen LogP contribution < -0.4 is 25.4 Å². The Morgan fingerprint density at radius 3 is 2.51 bits per heavy atom. The highest BCUT2D eigenvalue weighted by Crippen LogP contribution is 2.38. The Morgan fingerprint density at radius 2 is 1.84 bits per heavy atom. The molecule has 2 fully saturated rings. The predicted octanol–water partition coefficient (Wildman–Crippen LogP) is 5.99. The maximum absolute atomic E-state index is 14.8. The monoisotopic (exact) mass is 607 g/mol. The molecule has 238 valence electrons. The van der Waals surface area contributed by atoms with E-state index in [1.807, 2.05) is 6.92 Å². The molecule has 0 radical (unpaired) electrons. The highest BCUT2D eigenvalue weighted by molar-refractivity contribution is 5.74. The van der Waals surface area contributed by atoms with Gasteiger partial charge in [-0.05, 0) is 79.5 Å². The van der Waals surface area contributed by atoms with Crippen LogP contribution in [0.2, 0.25) is 0 Å². The van der Waals surface area contributed by atoms with Crippen LogP contribution in [0, 0.1) is 5.82 Å². The van der Waals surface area contributed by atoms with Gasteiger partial charge in [0, 0.05) is 54.9 Å². The number of urea groups is 1. The zero-order valence-electron chi connectivity index (χ0n) is 25.8. The molecule has 0 bridgehead atoms. The lowest BCUT2D eigenvalue weighted by atomic mass is 9.77. The smallest absolute Gasteiger partial charge is 0.387 e. The molecule has 4 rings (SSSR count). The van der Waals surface area contributed by atoms with Crippen LogP contribution in [0.15, 0.2) is 24.4 Å². The molecule has 2 aliphatic rings. The molecule has 2 saturated heterocycles. The Balaban J connectivity index is 1.46. The number of carbonyl (C=O) groups is 1. The fraction of sp³-hybridized carbons (Fsp3) is 0.633. The van der Waals surface area contributed by atoms with Gasteiger partial charge in [-0.3, -0.25) is 4.90 Å². The van der Waals surface area contributed by atoms with E-state index < -0.39 is 12.4 Å². The SMILES string of the molecule is CCNC(=O)N1CCCC(Oc2ccc(Nc3ncc(F)c(NC4CC(C)(C)N(C)C(C)(C)C4)n3)cc2OC(F)F)CC1. The summed E-state index contributed by atoms with van der Waals surface area (Å²) >= 11 is 0. The van der Waals surface area contributed by atoms with E-state index in [9.17, 15) is 18.0 Å². The third-order valence-corrected chi connectivity index (χ3v) is 8.39. The van der Waals surface area contributed by atoms with Gasteiger partial charge in [-0.15, -0.1) is 0 Å². The quantitative estimate of drug-likeness (QED) is 0.320. The average molecular weight is 608 g/mol. The number of carbonyl (C=O) groups excluding carboxylic acids is 1. The van der Waals surface area contributed by atoms with Crippen molar-refractivity contribution in [3.8, 4) is 11.5 Å². The third-order valence-electron chi connectivity index (χ3n) is 8.39. The minimum absolute atomic E-state index is 0.0157. The maximum atomic E-state index is 14.8. The molecule has 1 aromatic heterocycles. The summed E-state index contributed by atoms with van der Waals surface area (Å²) in [7, 11) is 2.10. The lowest BCUT2D eigenvalue weighted by molar-refractivity contribution is -0.0521. The summed E-state index contributed by atoms with van der Waals surface area (Å²) in [4.78, 5) is 24.7. The number of alkyl halides is 2. The number of anilines is 3. The summed E-state index contributed by atoms with van der Waals surface area (Å²) in [6, 6.07) is 4.41. The molecule has 3 heterocycles. The second kappa shape index (κ2) is 13.4. The van der Waals surface area contributed by atoms with E-state index in [4.69, 9.17) is 9.47 Å². The summed E-state index contributed by atoms with van der Waals surface area (Å²) in [6.45, 7) is 9.07. The number of nitrogens with zero attached hydrogens (tertiary/aromatic N) is 4. The Bertz CT molecular complexity index is 1250. The summed E-state index contributed by atoms with van der Waals surface area (Å²) in [5.74, 6) is -0.406. The van der Waals surface area contributed by atoms with Crippen LogP contribution in [0.3, 0.4) is 0 Å². The zero-order valence-corrected chi connectivity index (χ0v) is 25.8. The average Bonchev–Trinajstić information content (AvgIpc) is 3.16. The Hall–Kier alpha value is -3.48. The van der Waals surface area contributed by atoms with Gasteiger partial charge in [0.2, 0.25) is 5.95 Å². The minimum Gasteiger partial charge on any atom is -0.486 e. The van der Waals surface area contributed by atoms with Crippen molar-refractivity contribution in [1.29, 1.82) is 0 Å². The standard InChI is InChI=1S/C30H44F3N7O3/c1-7-34-28(41)40-13-8-9-21(12-14-40)42-23-11-10-19(15-24(23)43-26(32)33)37-27-35-18-22(31)25(38-27)36-20-16-29(2,3)39(6)30(4,5)17-20/h10-11,15,18,20-21,26H,7-9,12-14,16-17H2,1-6H3,(H,34,41)(H2,35,36,37,38). The summed E-state index contributed by atoms with van der Waals surface area (Å²) in [5, 5.41) is 9.02. The van der Waals surface area contributed by atoms with E-state index in [-0.39, 0.29) is 52.5 Å². The van der Waals surface area contributed by atoms with Crippen molar-refractivity contribution >= 4 is 23.5 Å². The lowest BCUT2D eigenvalue weighted by Gasteiger charge is -2.53. The van der Waals surface area contributed by atoms with E-state index in [2.05, 4.69) is 65.6 Å². The number of rotatable bonds is 9. The van der Waals surface area contributed by atoms with E-state index in [0.717, 1.165) is 25.5 Å². The van der Waals surface area contributed by atoms with Crippen LogP contribution in [0.4, 0.5) is 35.4 Å². The van der Waals surface area contributed by atoms with Gasteiger partial charge in [0.1, 0.15) is 6.10 Å². The molecule has 3 N–H and O–H groups in total. The highest BCUT2D eigenvalue weighted by atomic mass is 19.3. The molecular weight excluding hydrogens is 563 g/mol. The zero-order chi connectivity index (χ0) is 31.4. The molecule has 2 amide bonds. The molecule has 1 aromatic carbocycles. The second-order valence-electron chi connectivity index (χ2n) is 12.5. The van der Waals surface area contributed by atoms with Crippen LogP contribution in [0.5, 0.6) is 11.5 Å². The molecule has 2 aromatic rings. The summed E-state index contributed by atoms with van der Waals surface area (Å²) in [6.07, 6.45) is 4.32. The van der Waals surface area contributed by atoms with Gasteiger partial charge >= 0.3 is 12.6 Å². The second-order valence-corrected chi connectivity index (χ2v) is 12.5. The molecule has 0 aliphatic carbocycles. The minimum atomic E-state index is -3.07. The Morgan fingerprint density at radius 1 is 1.12 bits per heavy atom. The number of benzene rings is 1. The van der Waals surface area contributed by atoms with Gasteiger partial charge in [-0.2, -0.15) is 13.8 Å². The molecule has 2 aliphatic heterocycles. The fourth-order valence-corrected chi connectivity index (χ4v) is 6.03. The highest BCUT2D eigenvalue weighted by Gasteiger charge is 2.43. The lowest BCUT2D eigenvalue weighted by Crippen LogP contribution is -2.61. The largest absolute Gasteiger partial charge is 0.486 e. The number of piperidine rings is 1. The van der Waals surface area contributed by atoms with E-state index in [1.54, 1.807) is 11.0 Å². The molecular formula is C30H44F3N7O3. The van der Waals surface area contributed by atoms with Gasteiger partial charge in [-0.1, -0.05) is 0 Å². The first-order valence-electron chi connectivity index (χ1n) is 14.9. The number of hydrogen-bond acceptors (Lipinski definition) is 8. The van der Waals surface area contributed by atoms with Crippen LogP contribution in [-0.4, -0.2) is 82.3 Å². The topological polar surface area (TPSA) is 104 Å². The molecule has 0 saturated carbocycles. The van der Waals surface area contributed by atoms with Crippen LogP contribution in [0.1, 0.15) is 66.7 Å². The van der Waals surface area contributed by atoms with Crippen molar-refractivity contribution in [2.45, 2.75) is 96.6 Å². The van der Waals surface area contributed by atoms with Gasteiger partial charge in [0.15, 0.2) is 23.1 Å². The number of likely N-dealkylation sites (tertiary alicyclic amines) is 2. The van der Waals surface area contributed by atoms with Crippen LogP contribution in [-0.2, 0) is 0 Å². The van der Waals surface area contributed by atoms with Crippen molar-refractivity contribution in [2.24, 2.45) is 0 Å². The van der Waals surface area contributed by atoms with E-state index in [1.165, 1.54) is 12.1 Å². The maximum Gasteiger partial charge on any atom is 0.387 e. The number of halogens is 3. The fourth-order valence-electron chi connectivity index (χ4n) is 6.03. The first-order chi connectivity index (χ1) is 20.3. The Labute approximate surface area is 251 Å². The number of nitrogens with one attached hydrogen (secondary N) is 3. The van der Waals surface area contributed by atoms with E-state index >= 15 is 0 Å². The number of aromatic nitrogens is 2. The first kappa shape index (κ1) is 32.4. The molecule has 1 atom stereocenters.